The van der Waals surface area contributed by atoms with Gasteiger partial charge < -0.3 is 21.7 Å². The van der Waals surface area contributed by atoms with E-state index in [9.17, 15) is 4.79 Å². The molecule has 1 amide bonds. The second-order valence-corrected chi connectivity index (χ2v) is 6.84. The molecule has 2 heterocycles. The van der Waals surface area contributed by atoms with Crippen LogP contribution >= 0.6 is 0 Å². The number of anilines is 4. The molecular weight excluding hydrogens is 304 g/mol. The molecule has 3 rings (SSSR count). The van der Waals surface area contributed by atoms with Crippen LogP contribution in [0.1, 0.15) is 36.7 Å². The standard InChI is InChI=1S/C17H22N6O/c1-17(2,3)23-15-12-8-9-19-14(12)21-16(22-15)20-11-6-4-10(5-7-11)13(18)24/h4-7H,8-9H2,1-3H3,(H2,18,24)(H3,19,20,21,22,23). The maximum absolute atomic E-state index is 11.1. The zero-order chi connectivity index (χ0) is 17.3. The average Bonchev–Trinajstić information content (AvgIpc) is 2.95. The number of primary amides is 1. The van der Waals surface area contributed by atoms with E-state index in [0.717, 1.165) is 35.9 Å². The second-order valence-electron chi connectivity index (χ2n) is 6.84. The molecule has 1 aliphatic heterocycles. The molecule has 0 saturated heterocycles. The van der Waals surface area contributed by atoms with Crippen molar-refractivity contribution in [1.29, 1.82) is 0 Å². The lowest BCUT2D eigenvalue weighted by molar-refractivity contribution is 0.100. The molecule has 126 valence electrons. The number of fused-ring (bicyclic) bond motifs is 1. The molecule has 24 heavy (non-hydrogen) atoms. The van der Waals surface area contributed by atoms with Crippen LogP contribution in [0.4, 0.5) is 23.3 Å². The van der Waals surface area contributed by atoms with Crippen molar-refractivity contribution in [1.82, 2.24) is 9.97 Å². The Balaban J connectivity index is 1.88. The summed E-state index contributed by atoms with van der Waals surface area (Å²) >= 11 is 0. The normalized spacial score (nSPS) is 13.1. The van der Waals surface area contributed by atoms with Crippen LogP contribution in [0.2, 0.25) is 0 Å². The predicted octanol–water partition coefficient (Wildman–Crippen LogP) is 2.50. The van der Waals surface area contributed by atoms with Gasteiger partial charge in [0.05, 0.1) is 0 Å². The molecule has 7 nitrogen and oxygen atoms in total. The minimum absolute atomic E-state index is 0.0921. The van der Waals surface area contributed by atoms with Gasteiger partial charge in [-0.15, -0.1) is 0 Å². The third-order valence-corrected chi connectivity index (χ3v) is 3.59. The topological polar surface area (TPSA) is 105 Å². The van der Waals surface area contributed by atoms with Crippen molar-refractivity contribution >= 4 is 29.2 Å². The largest absolute Gasteiger partial charge is 0.369 e. The second kappa shape index (κ2) is 5.99. The molecule has 1 aromatic carbocycles. The molecule has 1 aliphatic rings. The summed E-state index contributed by atoms with van der Waals surface area (Å²) in [5, 5.41) is 9.90. The quantitative estimate of drug-likeness (QED) is 0.688. The van der Waals surface area contributed by atoms with Crippen LogP contribution in [-0.2, 0) is 6.42 Å². The van der Waals surface area contributed by atoms with E-state index in [1.54, 1.807) is 24.3 Å². The number of rotatable bonds is 4. The minimum Gasteiger partial charge on any atom is -0.369 e. The third-order valence-electron chi connectivity index (χ3n) is 3.59. The van der Waals surface area contributed by atoms with Crippen LogP contribution in [0.25, 0.3) is 0 Å². The monoisotopic (exact) mass is 326 g/mol. The molecule has 2 aromatic rings. The van der Waals surface area contributed by atoms with Crippen molar-refractivity contribution in [2.24, 2.45) is 5.73 Å². The zero-order valence-corrected chi connectivity index (χ0v) is 14.1. The fourth-order valence-corrected chi connectivity index (χ4v) is 2.53. The van der Waals surface area contributed by atoms with Gasteiger partial charge in [0.1, 0.15) is 11.6 Å². The van der Waals surface area contributed by atoms with Gasteiger partial charge in [-0.25, -0.2) is 0 Å². The maximum Gasteiger partial charge on any atom is 0.248 e. The van der Waals surface area contributed by atoms with Crippen molar-refractivity contribution in [3.63, 3.8) is 0 Å². The Kier molecular flexibility index (Phi) is 4.01. The highest BCUT2D eigenvalue weighted by molar-refractivity contribution is 5.93. The zero-order valence-electron chi connectivity index (χ0n) is 14.1. The van der Waals surface area contributed by atoms with Gasteiger partial charge in [0.2, 0.25) is 11.9 Å². The summed E-state index contributed by atoms with van der Waals surface area (Å²) in [6.45, 7) is 7.15. The highest BCUT2D eigenvalue weighted by atomic mass is 16.1. The minimum atomic E-state index is -0.448. The average molecular weight is 326 g/mol. The van der Waals surface area contributed by atoms with Crippen LogP contribution in [0.15, 0.2) is 24.3 Å². The SMILES string of the molecule is CC(C)(C)Nc1nc(Nc2ccc(C(N)=O)cc2)nc2c1CCN2. The van der Waals surface area contributed by atoms with Gasteiger partial charge in [-0.3, -0.25) is 4.79 Å². The van der Waals surface area contributed by atoms with Crippen molar-refractivity contribution in [2.75, 3.05) is 22.5 Å². The molecular formula is C17H22N6O. The molecule has 0 saturated carbocycles. The summed E-state index contributed by atoms with van der Waals surface area (Å²) < 4.78 is 0. The highest BCUT2D eigenvalue weighted by Crippen LogP contribution is 2.30. The predicted molar refractivity (Wildman–Crippen MR) is 95.8 cm³/mol. The van der Waals surface area contributed by atoms with E-state index in [-0.39, 0.29) is 5.54 Å². The number of carbonyl (C=O) groups is 1. The lowest BCUT2D eigenvalue weighted by atomic mass is 10.1. The number of amides is 1. The number of aromatic nitrogens is 2. The van der Waals surface area contributed by atoms with E-state index in [2.05, 4.69) is 46.7 Å². The molecule has 0 aliphatic carbocycles. The number of nitrogens with two attached hydrogens (primary N) is 1. The van der Waals surface area contributed by atoms with Gasteiger partial charge in [0.15, 0.2) is 0 Å². The van der Waals surface area contributed by atoms with Crippen LogP contribution in [-0.4, -0.2) is 28.0 Å². The number of hydrogen-bond donors (Lipinski definition) is 4. The van der Waals surface area contributed by atoms with Crippen molar-refractivity contribution in [3.8, 4) is 0 Å². The Morgan fingerprint density at radius 3 is 2.54 bits per heavy atom. The number of nitrogens with zero attached hydrogens (tertiary/aromatic N) is 2. The van der Waals surface area contributed by atoms with E-state index < -0.39 is 5.91 Å². The first-order valence-electron chi connectivity index (χ1n) is 7.92. The number of nitrogens with one attached hydrogen (secondary N) is 3. The summed E-state index contributed by atoms with van der Waals surface area (Å²) in [7, 11) is 0. The summed E-state index contributed by atoms with van der Waals surface area (Å²) in [6, 6.07) is 6.90. The molecule has 1 aromatic heterocycles. The first kappa shape index (κ1) is 16.0. The smallest absolute Gasteiger partial charge is 0.248 e. The van der Waals surface area contributed by atoms with Crippen LogP contribution in [0.3, 0.4) is 0 Å². The molecule has 5 N–H and O–H groups in total. The van der Waals surface area contributed by atoms with Crippen LogP contribution in [0, 0.1) is 0 Å². The summed E-state index contributed by atoms with van der Waals surface area (Å²) in [6.07, 6.45) is 0.904. The van der Waals surface area contributed by atoms with Gasteiger partial charge in [-0.2, -0.15) is 9.97 Å². The molecule has 0 bridgehead atoms. The molecule has 0 fully saturated rings. The van der Waals surface area contributed by atoms with E-state index in [1.807, 2.05) is 0 Å². The lowest BCUT2D eigenvalue weighted by Gasteiger charge is -2.23. The molecule has 7 heteroatoms. The first-order valence-corrected chi connectivity index (χ1v) is 7.92. The van der Waals surface area contributed by atoms with Crippen molar-refractivity contribution in [2.45, 2.75) is 32.7 Å². The Bertz CT molecular complexity index is 764. The highest BCUT2D eigenvalue weighted by Gasteiger charge is 2.22. The Morgan fingerprint density at radius 2 is 1.92 bits per heavy atom. The Labute approximate surface area is 141 Å². The lowest BCUT2D eigenvalue weighted by Crippen LogP contribution is -2.27. The van der Waals surface area contributed by atoms with Crippen molar-refractivity contribution in [3.05, 3.63) is 35.4 Å². The number of carbonyl (C=O) groups excluding carboxylic acids is 1. The van der Waals surface area contributed by atoms with Gasteiger partial charge in [-0.1, -0.05) is 0 Å². The molecule has 0 radical (unpaired) electrons. The Hall–Kier alpha value is -2.83. The summed E-state index contributed by atoms with van der Waals surface area (Å²) in [4.78, 5) is 20.3. The van der Waals surface area contributed by atoms with Gasteiger partial charge >= 0.3 is 0 Å². The summed E-state index contributed by atoms with van der Waals surface area (Å²) in [5.41, 5.74) is 7.53. The van der Waals surface area contributed by atoms with E-state index in [4.69, 9.17) is 5.73 Å². The van der Waals surface area contributed by atoms with E-state index >= 15 is 0 Å². The first-order chi connectivity index (χ1) is 11.3. The van der Waals surface area contributed by atoms with Crippen molar-refractivity contribution < 1.29 is 4.79 Å². The van der Waals surface area contributed by atoms with E-state index in [0.29, 0.717) is 11.5 Å². The Morgan fingerprint density at radius 1 is 1.21 bits per heavy atom. The summed E-state index contributed by atoms with van der Waals surface area (Å²) in [5.74, 6) is 1.75. The molecule has 0 spiro atoms. The number of hydrogen-bond acceptors (Lipinski definition) is 6. The third kappa shape index (κ3) is 3.56. The maximum atomic E-state index is 11.1. The fourth-order valence-electron chi connectivity index (χ4n) is 2.53. The molecule has 0 atom stereocenters. The molecule has 0 unspecified atom stereocenters. The fraction of sp³-hybridized carbons (Fsp3) is 0.353. The van der Waals surface area contributed by atoms with Gasteiger partial charge in [0, 0.05) is 28.9 Å². The van der Waals surface area contributed by atoms with Gasteiger partial charge in [0.25, 0.3) is 0 Å². The van der Waals surface area contributed by atoms with Gasteiger partial charge in [-0.05, 0) is 51.5 Å². The number of benzene rings is 1. The van der Waals surface area contributed by atoms with E-state index in [1.165, 1.54) is 0 Å². The van der Waals surface area contributed by atoms with Crippen LogP contribution in [0.5, 0.6) is 0 Å². The van der Waals surface area contributed by atoms with Crippen LogP contribution < -0.4 is 21.7 Å².